The lowest BCUT2D eigenvalue weighted by Crippen LogP contribution is -2.58. The Morgan fingerprint density at radius 1 is 1.36 bits per heavy atom. The molecular formula is C21H27NO3. The van der Waals surface area contributed by atoms with Crippen LogP contribution in [0.4, 0.5) is 0 Å². The molecule has 25 heavy (non-hydrogen) atoms. The number of benzene rings is 1. The number of ether oxygens (including phenoxy) is 1. The number of esters is 1. The molecule has 134 valence electrons. The van der Waals surface area contributed by atoms with Crippen LogP contribution < -0.4 is 0 Å². The Labute approximate surface area is 150 Å². The van der Waals surface area contributed by atoms with Gasteiger partial charge in [0.15, 0.2) is 0 Å². The number of fused-ring (bicyclic) bond motifs is 3. The minimum absolute atomic E-state index is 0.118. The van der Waals surface area contributed by atoms with Crippen molar-refractivity contribution in [2.24, 2.45) is 5.92 Å². The number of hydrogen-bond donors (Lipinski definition) is 1. The van der Waals surface area contributed by atoms with Crippen molar-refractivity contribution in [1.82, 2.24) is 4.90 Å². The Kier molecular flexibility index (Phi) is 5.46. The highest BCUT2D eigenvalue weighted by atomic mass is 16.5. The molecule has 1 aromatic carbocycles. The number of rotatable bonds is 4. The zero-order valence-corrected chi connectivity index (χ0v) is 15.1. The predicted octanol–water partition coefficient (Wildman–Crippen LogP) is 2.55. The number of piperidine rings is 3. The molecule has 0 aromatic heterocycles. The van der Waals surface area contributed by atoms with Crippen LogP contribution in [0.25, 0.3) is 0 Å². The molecule has 3 aliphatic rings. The molecular weight excluding hydrogens is 314 g/mol. The summed E-state index contributed by atoms with van der Waals surface area (Å²) in [4.78, 5) is 13.9. The maximum atomic E-state index is 11.6. The number of hydrogen-bond acceptors (Lipinski definition) is 4. The normalized spacial score (nSPS) is 28.8. The van der Waals surface area contributed by atoms with Gasteiger partial charge in [0.25, 0.3) is 0 Å². The van der Waals surface area contributed by atoms with Crippen LogP contribution in [0, 0.1) is 17.8 Å². The maximum absolute atomic E-state index is 11.6. The third-order valence-electron chi connectivity index (χ3n) is 5.41. The topological polar surface area (TPSA) is 49.8 Å². The van der Waals surface area contributed by atoms with Crippen LogP contribution in [0.2, 0.25) is 0 Å². The van der Waals surface area contributed by atoms with Crippen LogP contribution >= 0.6 is 0 Å². The van der Waals surface area contributed by atoms with Crippen LogP contribution in [-0.2, 0) is 9.53 Å². The van der Waals surface area contributed by atoms with Crippen molar-refractivity contribution in [2.45, 2.75) is 44.6 Å². The number of aliphatic hydroxyl groups is 1. The number of nitrogens with zero attached hydrogens (tertiary/aromatic N) is 1. The van der Waals surface area contributed by atoms with Gasteiger partial charge in [0.1, 0.15) is 5.60 Å². The lowest BCUT2D eigenvalue weighted by atomic mass is 9.76. The van der Waals surface area contributed by atoms with E-state index in [4.69, 9.17) is 4.74 Å². The summed E-state index contributed by atoms with van der Waals surface area (Å²) in [6, 6.07) is 7.95. The lowest BCUT2D eigenvalue weighted by molar-refractivity contribution is -0.143. The Morgan fingerprint density at radius 2 is 2.04 bits per heavy atom. The quantitative estimate of drug-likeness (QED) is 0.675. The summed E-state index contributed by atoms with van der Waals surface area (Å²) in [5.74, 6) is 6.54. The van der Waals surface area contributed by atoms with Crippen molar-refractivity contribution >= 4 is 5.97 Å². The molecule has 0 aliphatic carbocycles. The summed E-state index contributed by atoms with van der Waals surface area (Å²) in [7, 11) is 0. The third kappa shape index (κ3) is 4.23. The summed E-state index contributed by atoms with van der Waals surface area (Å²) in [6.45, 7) is 7.09. The molecule has 0 saturated carbocycles. The van der Waals surface area contributed by atoms with Crippen molar-refractivity contribution in [3.63, 3.8) is 0 Å². The summed E-state index contributed by atoms with van der Waals surface area (Å²) >= 11 is 0. The predicted molar refractivity (Wildman–Crippen MR) is 97.1 cm³/mol. The SMILES string of the molecule is CCOC(=O)CC(C)c1ccc(C#CC2(O)CN3CCC2CC3)cc1. The molecule has 3 aliphatic heterocycles. The first kappa shape index (κ1) is 18.0. The highest BCUT2D eigenvalue weighted by Crippen LogP contribution is 2.35. The van der Waals surface area contributed by atoms with Crippen molar-refractivity contribution < 1.29 is 14.6 Å². The molecule has 3 saturated heterocycles. The van der Waals surface area contributed by atoms with Crippen molar-refractivity contribution in [2.75, 3.05) is 26.2 Å². The van der Waals surface area contributed by atoms with Crippen LogP contribution in [0.15, 0.2) is 24.3 Å². The van der Waals surface area contributed by atoms with Gasteiger partial charge < -0.3 is 9.84 Å². The van der Waals surface area contributed by atoms with E-state index in [9.17, 15) is 9.90 Å². The van der Waals surface area contributed by atoms with Gasteiger partial charge in [-0.25, -0.2) is 0 Å². The molecule has 1 N–H and O–H groups in total. The fourth-order valence-corrected chi connectivity index (χ4v) is 3.84. The van der Waals surface area contributed by atoms with Crippen LogP contribution in [0.5, 0.6) is 0 Å². The van der Waals surface area contributed by atoms with Crippen molar-refractivity contribution in [3.05, 3.63) is 35.4 Å². The molecule has 4 nitrogen and oxygen atoms in total. The van der Waals surface area contributed by atoms with E-state index in [1.165, 1.54) is 0 Å². The fraction of sp³-hybridized carbons (Fsp3) is 0.571. The summed E-state index contributed by atoms with van der Waals surface area (Å²) < 4.78 is 5.01. The number of carbonyl (C=O) groups is 1. The van der Waals surface area contributed by atoms with Gasteiger partial charge in [-0.05, 0) is 56.5 Å². The minimum Gasteiger partial charge on any atom is -0.466 e. The molecule has 4 heteroatoms. The molecule has 0 amide bonds. The largest absolute Gasteiger partial charge is 0.466 e. The van der Waals surface area contributed by atoms with Gasteiger partial charge in [0.05, 0.1) is 13.0 Å². The first-order chi connectivity index (χ1) is 12.0. The van der Waals surface area contributed by atoms with E-state index in [0.717, 1.165) is 37.1 Å². The zero-order valence-electron chi connectivity index (χ0n) is 15.1. The summed E-state index contributed by atoms with van der Waals surface area (Å²) in [5.41, 5.74) is 1.13. The Balaban J connectivity index is 1.64. The first-order valence-electron chi connectivity index (χ1n) is 9.23. The van der Waals surface area contributed by atoms with Crippen LogP contribution in [0.1, 0.15) is 50.2 Å². The van der Waals surface area contributed by atoms with E-state index in [1.54, 1.807) is 0 Å². The lowest BCUT2D eigenvalue weighted by Gasteiger charge is -2.47. The van der Waals surface area contributed by atoms with Crippen LogP contribution in [0.3, 0.4) is 0 Å². The van der Waals surface area contributed by atoms with Crippen molar-refractivity contribution in [1.29, 1.82) is 0 Å². The highest BCUT2D eigenvalue weighted by molar-refractivity contribution is 5.70. The second-order valence-corrected chi connectivity index (χ2v) is 7.26. The van der Waals surface area contributed by atoms with Gasteiger partial charge in [-0.2, -0.15) is 0 Å². The molecule has 2 atom stereocenters. The molecule has 4 rings (SSSR count). The second-order valence-electron chi connectivity index (χ2n) is 7.26. The van der Waals surface area contributed by atoms with Gasteiger partial charge in [-0.1, -0.05) is 30.9 Å². The molecule has 0 radical (unpaired) electrons. The van der Waals surface area contributed by atoms with E-state index in [-0.39, 0.29) is 11.9 Å². The number of carbonyl (C=O) groups excluding carboxylic acids is 1. The van der Waals surface area contributed by atoms with Gasteiger partial charge >= 0.3 is 5.97 Å². The molecule has 2 unspecified atom stereocenters. The molecule has 3 fully saturated rings. The first-order valence-corrected chi connectivity index (χ1v) is 9.23. The third-order valence-corrected chi connectivity index (χ3v) is 5.41. The Hall–Kier alpha value is -1.83. The molecule has 0 spiro atoms. The Bertz CT molecular complexity index is 665. The van der Waals surface area contributed by atoms with E-state index in [2.05, 4.69) is 16.7 Å². The summed E-state index contributed by atoms with van der Waals surface area (Å²) in [6.07, 6.45) is 2.46. The van der Waals surface area contributed by atoms with Crippen LogP contribution in [-0.4, -0.2) is 47.8 Å². The average molecular weight is 341 g/mol. The van der Waals surface area contributed by atoms with Crippen molar-refractivity contribution in [3.8, 4) is 11.8 Å². The standard InChI is InChI=1S/C21H27NO3/c1-3-25-20(23)14-16(2)18-6-4-17(5-7-18)8-11-21(24)15-22-12-9-19(21)10-13-22/h4-7,16,19,24H,3,9-10,12-15H2,1-2H3. The summed E-state index contributed by atoms with van der Waals surface area (Å²) in [5, 5.41) is 10.8. The minimum atomic E-state index is -0.869. The second kappa shape index (κ2) is 7.59. The maximum Gasteiger partial charge on any atom is 0.306 e. The molecule has 3 heterocycles. The smallest absolute Gasteiger partial charge is 0.306 e. The van der Waals surface area contributed by atoms with Gasteiger partial charge in [0, 0.05) is 18.0 Å². The fourth-order valence-electron chi connectivity index (χ4n) is 3.84. The molecule has 2 bridgehead atoms. The monoisotopic (exact) mass is 341 g/mol. The van der Waals surface area contributed by atoms with E-state index in [0.29, 0.717) is 25.5 Å². The van der Waals surface area contributed by atoms with Gasteiger partial charge in [-0.15, -0.1) is 0 Å². The van der Waals surface area contributed by atoms with E-state index >= 15 is 0 Å². The van der Waals surface area contributed by atoms with Gasteiger partial charge in [0.2, 0.25) is 0 Å². The molecule has 1 aromatic rings. The Morgan fingerprint density at radius 3 is 2.60 bits per heavy atom. The van der Waals surface area contributed by atoms with E-state index < -0.39 is 5.60 Å². The van der Waals surface area contributed by atoms with Gasteiger partial charge in [-0.3, -0.25) is 9.69 Å². The van der Waals surface area contributed by atoms with E-state index in [1.807, 2.05) is 38.1 Å². The zero-order chi connectivity index (χ0) is 17.9. The highest BCUT2D eigenvalue weighted by Gasteiger charge is 2.44. The average Bonchev–Trinajstić information content (AvgIpc) is 2.61.